The van der Waals surface area contributed by atoms with Crippen molar-refractivity contribution >= 4 is 15.8 Å². The summed E-state index contributed by atoms with van der Waals surface area (Å²) in [6, 6.07) is 3.80. The Morgan fingerprint density at radius 2 is 2.18 bits per heavy atom. The number of nitro groups is 1. The van der Waals surface area contributed by atoms with Crippen LogP contribution in [0.4, 0.5) is 5.69 Å². The second-order valence-electron chi connectivity index (χ2n) is 3.47. The molecule has 1 aromatic rings. The van der Waals surface area contributed by atoms with Crippen LogP contribution in [0.25, 0.3) is 0 Å². The predicted molar refractivity (Wildman–Crippen MR) is 55.8 cm³/mol. The van der Waals surface area contributed by atoms with Crippen molar-refractivity contribution in [2.24, 2.45) is 0 Å². The van der Waals surface area contributed by atoms with E-state index in [1.807, 2.05) is 0 Å². The molecule has 1 unspecified atom stereocenters. The maximum atomic E-state index is 11.8. The molecule has 0 radical (unpaired) electrons. The van der Waals surface area contributed by atoms with E-state index in [9.17, 15) is 18.5 Å². The molecular weight excluding hydrogens is 250 g/mol. The lowest BCUT2D eigenvalue weighted by Gasteiger charge is -2.06. The number of benzene rings is 1. The zero-order valence-corrected chi connectivity index (χ0v) is 9.64. The normalized spacial score (nSPS) is 19.0. The molecule has 0 saturated carbocycles. The van der Waals surface area contributed by atoms with Gasteiger partial charge in [-0.15, -0.1) is 0 Å². The number of ether oxygens (including phenoxy) is 1. The molecule has 92 valence electrons. The molecule has 0 aromatic heterocycles. The summed E-state index contributed by atoms with van der Waals surface area (Å²) in [6.07, 6.45) is -0.765. The van der Waals surface area contributed by atoms with E-state index >= 15 is 0 Å². The average Bonchev–Trinajstić information content (AvgIpc) is 3.00. The lowest BCUT2D eigenvalue weighted by Crippen LogP contribution is -2.11. The minimum Gasteiger partial charge on any atom is -0.344 e. The highest BCUT2D eigenvalue weighted by atomic mass is 32.2. The monoisotopic (exact) mass is 259 g/mol. The van der Waals surface area contributed by atoms with Gasteiger partial charge >= 0.3 is 0 Å². The van der Waals surface area contributed by atoms with Gasteiger partial charge in [0.1, 0.15) is 11.5 Å². The van der Waals surface area contributed by atoms with Crippen molar-refractivity contribution in [2.45, 2.75) is 18.1 Å². The van der Waals surface area contributed by atoms with Crippen LogP contribution < -0.4 is 0 Å². The Balaban J connectivity index is 2.44. The van der Waals surface area contributed by atoms with E-state index in [1.54, 1.807) is 0 Å². The predicted octanol–water partition coefficient (Wildman–Crippen LogP) is 0.965. The Morgan fingerprint density at radius 3 is 2.71 bits per heavy atom. The van der Waals surface area contributed by atoms with Gasteiger partial charge in [0.05, 0.1) is 4.92 Å². The van der Waals surface area contributed by atoms with Crippen LogP contribution in [-0.2, 0) is 19.0 Å². The van der Waals surface area contributed by atoms with Crippen LogP contribution in [0, 0.1) is 17.0 Å². The number of nitro benzene ring substituents is 1. The van der Waals surface area contributed by atoms with E-state index in [4.69, 9.17) is 0 Å². The molecule has 0 aliphatic carbocycles. The second-order valence-corrected chi connectivity index (χ2v) is 5.01. The zero-order valence-electron chi connectivity index (χ0n) is 8.82. The van der Waals surface area contributed by atoms with E-state index in [1.165, 1.54) is 25.1 Å². The van der Waals surface area contributed by atoms with Crippen molar-refractivity contribution in [3.63, 3.8) is 0 Å². The van der Waals surface area contributed by atoms with Crippen LogP contribution >= 0.6 is 0 Å². The van der Waals surface area contributed by atoms with Crippen LogP contribution in [0.2, 0.25) is 0 Å². The summed E-state index contributed by atoms with van der Waals surface area (Å²) in [7, 11) is -4.01. The average molecular weight is 259 g/mol. The molecule has 1 saturated heterocycles. The van der Waals surface area contributed by atoms with Gasteiger partial charge < -0.3 is 4.74 Å². The number of nitrogens with zero attached hydrogens (tertiary/aromatic N) is 1. The van der Waals surface area contributed by atoms with Gasteiger partial charge in [0.15, 0.2) is 6.29 Å². The van der Waals surface area contributed by atoms with Gasteiger partial charge in [-0.3, -0.25) is 10.1 Å². The molecule has 17 heavy (non-hydrogen) atoms. The standard InChI is InChI=1S/C9H9NO6S/c1-6-7(10(11)12)3-2-4-8(6)17(13,14)16-9-5-15-9/h2-4,9H,5H2,1H3. The Labute approximate surface area is 97.2 Å². The summed E-state index contributed by atoms with van der Waals surface area (Å²) >= 11 is 0. The van der Waals surface area contributed by atoms with Crippen molar-refractivity contribution < 1.29 is 22.3 Å². The Morgan fingerprint density at radius 1 is 1.53 bits per heavy atom. The molecule has 0 spiro atoms. The molecule has 8 heteroatoms. The number of hydrogen-bond donors (Lipinski definition) is 0. The summed E-state index contributed by atoms with van der Waals surface area (Å²) in [4.78, 5) is 9.84. The van der Waals surface area contributed by atoms with E-state index in [0.717, 1.165) is 0 Å². The molecule has 7 nitrogen and oxygen atoms in total. The van der Waals surface area contributed by atoms with E-state index < -0.39 is 21.3 Å². The fourth-order valence-electron chi connectivity index (χ4n) is 1.36. The van der Waals surface area contributed by atoms with Gasteiger partial charge in [-0.25, -0.2) is 4.18 Å². The fraction of sp³-hybridized carbons (Fsp3) is 0.333. The van der Waals surface area contributed by atoms with Crippen LogP contribution in [0.3, 0.4) is 0 Å². The summed E-state index contributed by atoms with van der Waals surface area (Å²) in [5.41, 5.74) is -0.204. The number of hydrogen-bond acceptors (Lipinski definition) is 6. The highest BCUT2D eigenvalue weighted by molar-refractivity contribution is 7.86. The SMILES string of the molecule is Cc1c([N+](=O)[O-])cccc1S(=O)(=O)OC1CO1. The third-order valence-corrected chi connectivity index (χ3v) is 3.71. The summed E-state index contributed by atoms with van der Waals surface area (Å²) in [6.45, 7) is 1.58. The third-order valence-electron chi connectivity index (χ3n) is 2.26. The Hall–Kier alpha value is -1.51. The lowest BCUT2D eigenvalue weighted by atomic mass is 10.2. The molecular formula is C9H9NO6S. The molecule has 0 bridgehead atoms. The lowest BCUT2D eigenvalue weighted by molar-refractivity contribution is -0.385. The van der Waals surface area contributed by atoms with Crippen LogP contribution in [0.15, 0.2) is 23.1 Å². The van der Waals surface area contributed by atoms with Gasteiger partial charge in [0.25, 0.3) is 15.8 Å². The minimum atomic E-state index is -4.01. The van der Waals surface area contributed by atoms with Crippen molar-refractivity contribution in [3.05, 3.63) is 33.9 Å². The quantitative estimate of drug-likeness (QED) is 0.345. The minimum absolute atomic E-state index is 0.0538. The highest BCUT2D eigenvalue weighted by Gasteiger charge is 2.33. The third kappa shape index (κ3) is 2.43. The molecule has 2 rings (SSSR count). The summed E-state index contributed by atoms with van der Waals surface area (Å²) in [5, 5.41) is 10.7. The maximum Gasteiger partial charge on any atom is 0.300 e. The van der Waals surface area contributed by atoms with E-state index in [-0.39, 0.29) is 22.8 Å². The van der Waals surface area contributed by atoms with Crippen LogP contribution in [0.5, 0.6) is 0 Å². The molecule has 1 fully saturated rings. The molecule has 1 heterocycles. The van der Waals surface area contributed by atoms with Crippen molar-refractivity contribution in [3.8, 4) is 0 Å². The number of rotatable bonds is 4. The molecule has 1 aromatic carbocycles. The molecule has 1 aliphatic heterocycles. The molecule has 1 aliphatic rings. The van der Waals surface area contributed by atoms with Crippen LogP contribution in [-0.4, -0.2) is 26.2 Å². The summed E-state index contributed by atoms with van der Waals surface area (Å²) < 4.78 is 32.8. The Kier molecular flexibility index (Phi) is 2.86. The first kappa shape index (κ1) is 12.0. The van der Waals surface area contributed by atoms with Gasteiger partial charge in [0, 0.05) is 11.6 Å². The molecule has 1 atom stereocenters. The first-order chi connectivity index (χ1) is 7.92. The van der Waals surface area contributed by atoms with Gasteiger partial charge in [0.2, 0.25) is 0 Å². The Bertz CT molecular complexity index is 563. The first-order valence-electron chi connectivity index (χ1n) is 4.71. The highest BCUT2D eigenvalue weighted by Crippen LogP contribution is 2.28. The van der Waals surface area contributed by atoms with Gasteiger partial charge in [-0.05, 0) is 13.0 Å². The van der Waals surface area contributed by atoms with Crippen molar-refractivity contribution in [1.29, 1.82) is 0 Å². The van der Waals surface area contributed by atoms with E-state index in [2.05, 4.69) is 8.92 Å². The van der Waals surface area contributed by atoms with Crippen molar-refractivity contribution in [1.82, 2.24) is 0 Å². The van der Waals surface area contributed by atoms with Gasteiger partial charge in [-0.1, -0.05) is 6.07 Å². The van der Waals surface area contributed by atoms with Gasteiger partial charge in [-0.2, -0.15) is 8.42 Å². The molecule has 0 N–H and O–H groups in total. The van der Waals surface area contributed by atoms with Crippen molar-refractivity contribution in [2.75, 3.05) is 6.61 Å². The maximum absolute atomic E-state index is 11.8. The topological polar surface area (TPSA) is 99.0 Å². The van der Waals surface area contributed by atoms with E-state index in [0.29, 0.717) is 0 Å². The smallest absolute Gasteiger partial charge is 0.300 e. The zero-order chi connectivity index (χ0) is 12.6. The summed E-state index contributed by atoms with van der Waals surface area (Å²) in [5.74, 6) is 0. The molecule has 0 amide bonds. The number of epoxide rings is 1. The first-order valence-corrected chi connectivity index (χ1v) is 6.11. The fourth-order valence-corrected chi connectivity index (χ4v) is 2.58. The second kappa shape index (κ2) is 4.06. The largest absolute Gasteiger partial charge is 0.344 e. The van der Waals surface area contributed by atoms with Crippen LogP contribution in [0.1, 0.15) is 5.56 Å².